The Morgan fingerprint density at radius 2 is 1.96 bits per heavy atom. The molecule has 1 aliphatic rings. The van der Waals surface area contributed by atoms with E-state index in [0.29, 0.717) is 0 Å². The maximum atomic E-state index is 13.2. The maximum Gasteiger partial charge on any atom is 0.416 e. The average molecular weight is 425 g/mol. The number of pyridine rings is 1. The van der Waals surface area contributed by atoms with Crippen LogP contribution in [0, 0.1) is 5.82 Å². The first-order chi connectivity index (χ1) is 12.6. The highest BCUT2D eigenvalue weighted by molar-refractivity contribution is 7.89. The van der Waals surface area contributed by atoms with Crippen LogP contribution in [0.1, 0.15) is 12.0 Å². The Morgan fingerprint density at radius 1 is 1.22 bits per heavy atom. The number of nitrogens with zero attached hydrogens (tertiary/aromatic N) is 2. The lowest BCUT2D eigenvalue weighted by molar-refractivity contribution is -0.137. The van der Waals surface area contributed by atoms with Crippen molar-refractivity contribution in [1.29, 1.82) is 0 Å². The van der Waals surface area contributed by atoms with Crippen LogP contribution in [0.2, 0.25) is 5.02 Å². The molecule has 3 rings (SSSR count). The number of alkyl halides is 3. The average Bonchev–Trinajstić information content (AvgIpc) is 3.06. The fraction of sp³-hybridized carbons (Fsp3) is 0.312. The minimum Gasteiger partial charge on any atom is -0.473 e. The van der Waals surface area contributed by atoms with E-state index < -0.39 is 33.7 Å². The van der Waals surface area contributed by atoms with Crippen molar-refractivity contribution in [2.45, 2.75) is 23.6 Å². The summed E-state index contributed by atoms with van der Waals surface area (Å²) < 4.78 is 83.2. The molecule has 0 aliphatic carbocycles. The molecule has 2 aromatic rings. The van der Waals surface area contributed by atoms with Gasteiger partial charge in [0.15, 0.2) is 0 Å². The zero-order chi connectivity index (χ0) is 19.8. The van der Waals surface area contributed by atoms with E-state index >= 15 is 0 Å². The van der Waals surface area contributed by atoms with Gasteiger partial charge in [0.25, 0.3) is 0 Å². The molecule has 1 saturated heterocycles. The first-order valence-corrected chi connectivity index (χ1v) is 9.54. The molecule has 146 valence electrons. The normalized spacial score (nSPS) is 18.6. The number of benzene rings is 1. The molecule has 1 fully saturated rings. The Balaban J connectivity index is 1.72. The topological polar surface area (TPSA) is 59.5 Å². The molecule has 2 heterocycles. The standard InChI is InChI=1S/C16H13ClF4N2O3S/c17-13-8-12(1-2-14(13)18)27(24,25)23-6-4-11(9-23)26-15-7-10(3-5-22-15)16(19,20)21/h1-3,5,7-8,11H,4,6,9H2. The van der Waals surface area contributed by atoms with Gasteiger partial charge in [0.05, 0.1) is 22.0 Å². The van der Waals surface area contributed by atoms with Crippen molar-refractivity contribution >= 4 is 21.6 Å². The van der Waals surface area contributed by atoms with Gasteiger partial charge in [-0.25, -0.2) is 17.8 Å². The third-order valence-electron chi connectivity index (χ3n) is 3.99. The van der Waals surface area contributed by atoms with Crippen LogP contribution in [-0.4, -0.2) is 36.9 Å². The lowest BCUT2D eigenvalue weighted by Crippen LogP contribution is -2.31. The Hall–Kier alpha value is -1.91. The van der Waals surface area contributed by atoms with Gasteiger partial charge in [-0.3, -0.25) is 0 Å². The van der Waals surface area contributed by atoms with Crippen LogP contribution < -0.4 is 4.74 Å². The molecule has 0 N–H and O–H groups in total. The van der Waals surface area contributed by atoms with Gasteiger partial charge in [-0.2, -0.15) is 17.5 Å². The summed E-state index contributed by atoms with van der Waals surface area (Å²) in [5, 5.41) is -0.323. The van der Waals surface area contributed by atoms with Gasteiger partial charge in [0.1, 0.15) is 11.9 Å². The van der Waals surface area contributed by atoms with Crippen LogP contribution in [0.5, 0.6) is 5.88 Å². The van der Waals surface area contributed by atoms with E-state index in [1.807, 2.05) is 0 Å². The number of ether oxygens (including phenoxy) is 1. The highest BCUT2D eigenvalue weighted by Crippen LogP contribution is 2.31. The van der Waals surface area contributed by atoms with Gasteiger partial charge in [-0.15, -0.1) is 0 Å². The molecule has 0 spiro atoms. The van der Waals surface area contributed by atoms with E-state index in [1.165, 1.54) is 0 Å². The van der Waals surface area contributed by atoms with Crippen molar-refractivity contribution in [2.24, 2.45) is 0 Å². The summed E-state index contributed by atoms with van der Waals surface area (Å²) in [6.07, 6.45) is -3.95. The second kappa shape index (κ2) is 7.25. The van der Waals surface area contributed by atoms with Gasteiger partial charge in [-0.05, 0) is 30.7 Å². The quantitative estimate of drug-likeness (QED) is 0.702. The Labute approximate surface area is 157 Å². The lowest BCUT2D eigenvalue weighted by atomic mass is 10.2. The third-order valence-corrected chi connectivity index (χ3v) is 6.14. The molecule has 1 unspecified atom stereocenters. The van der Waals surface area contributed by atoms with Crippen LogP contribution in [0.4, 0.5) is 17.6 Å². The van der Waals surface area contributed by atoms with E-state index in [9.17, 15) is 26.0 Å². The first-order valence-electron chi connectivity index (χ1n) is 7.72. The Bertz CT molecular complexity index is 953. The fourth-order valence-corrected chi connectivity index (χ4v) is 4.38. The number of hydrogen-bond donors (Lipinski definition) is 0. The van der Waals surface area contributed by atoms with Gasteiger partial charge in [0, 0.05) is 18.8 Å². The summed E-state index contributed by atoms with van der Waals surface area (Å²) in [5.41, 5.74) is -0.907. The summed E-state index contributed by atoms with van der Waals surface area (Å²) in [7, 11) is -3.93. The molecular weight excluding hydrogens is 412 g/mol. The van der Waals surface area contributed by atoms with Gasteiger partial charge >= 0.3 is 6.18 Å². The maximum absolute atomic E-state index is 13.2. The van der Waals surface area contributed by atoms with Crippen LogP contribution in [0.25, 0.3) is 0 Å². The molecule has 0 bridgehead atoms. The Morgan fingerprint density at radius 3 is 2.63 bits per heavy atom. The highest BCUT2D eigenvalue weighted by atomic mass is 35.5. The van der Waals surface area contributed by atoms with Crippen LogP contribution in [-0.2, 0) is 16.2 Å². The summed E-state index contributed by atoms with van der Waals surface area (Å²) in [6, 6.07) is 4.63. The number of aromatic nitrogens is 1. The molecule has 0 radical (unpaired) electrons. The van der Waals surface area contributed by atoms with Crippen LogP contribution in [0.15, 0.2) is 41.4 Å². The number of hydrogen-bond acceptors (Lipinski definition) is 4. The number of sulfonamides is 1. The zero-order valence-corrected chi connectivity index (χ0v) is 15.2. The van der Waals surface area contributed by atoms with Crippen molar-refractivity contribution in [3.63, 3.8) is 0 Å². The SMILES string of the molecule is O=S(=O)(c1ccc(F)c(Cl)c1)N1CCC(Oc2cc(C(F)(F)F)ccn2)C1. The van der Waals surface area contributed by atoms with E-state index in [0.717, 1.165) is 40.8 Å². The minimum absolute atomic E-state index is 0.0742. The van der Waals surface area contributed by atoms with Gasteiger partial charge < -0.3 is 4.74 Å². The summed E-state index contributed by atoms with van der Waals surface area (Å²) in [6.45, 7) is 0.0240. The molecule has 1 aromatic heterocycles. The highest BCUT2D eigenvalue weighted by Gasteiger charge is 2.35. The zero-order valence-electron chi connectivity index (χ0n) is 13.6. The minimum atomic E-state index is -4.53. The van der Waals surface area contributed by atoms with Crippen LogP contribution >= 0.6 is 11.6 Å². The Kier molecular flexibility index (Phi) is 5.33. The lowest BCUT2D eigenvalue weighted by Gasteiger charge is -2.17. The fourth-order valence-electron chi connectivity index (χ4n) is 2.62. The number of rotatable bonds is 4. The van der Waals surface area contributed by atoms with Gasteiger partial charge in [0.2, 0.25) is 15.9 Å². The molecule has 5 nitrogen and oxygen atoms in total. The van der Waals surface area contributed by atoms with E-state index in [1.54, 1.807) is 0 Å². The van der Waals surface area contributed by atoms with E-state index in [2.05, 4.69) is 4.98 Å². The predicted molar refractivity (Wildman–Crippen MR) is 88.4 cm³/mol. The van der Waals surface area contributed by atoms with Crippen molar-refractivity contribution in [2.75, 3.05) is 13.1 Å². The summed E-state index contributed by atoms with van der Waals surface area (Å²) in [5.74, 6) is -0.979. The van der Waals surface area contributed by atoms with Gasteiger partial charge in [-0.1, -0.05) is 11.6 Å². The molecule has 0 amide bonds. The predicted octanol–water partition coefficient (Wildman–Crippen LogP) is 3.73. The largest absolute Gasteiger partial charge is 0.473 e. The van der Waals surface area contributed by atoms with E-state index in [4.69, 9.17) is 16.3 Å². The molecule has 0 saturated carbocycles. The second-order valence-electron chi connectivity index (χ2n) is 5.85. The van der Waals surface area contributed by atoms with Crippen molar-refractivity contribution in [3.05, 3.63) is 52.9 Å². The molecule has 1 atom stereocenters. The summed E-state index contributed by atoms with van der Waals surface area (Å²) >= 11 is 5.63. The molecule has 1 aliphatic heterocycles. The number of halogens is 5. The molecule has 11 heteroatoms. The second-order valence-corrected chi connectivity index (χ2v) is 8.19. The third kappa shape index (κ3) is 4.33. The van der Waals surface area contributed by atoms with Crippen LogP contribution in [0.3, 0.4) is 0 Å². The first kappa shape index (κ1) is 19.8. The molecule has 1 aromatic carbocycles. The summed E-state index contributed by atoms with van der Waals surface area (Å²) in [4.78, 5) is 3.56. The molecular formula is C16H13ClF4N2O3S. The van der Waals surface area contributed by atoms with Crippen molar-refractivity contribution in [1.82, 2.24) is 9.29 Å². The van der Waals surface area contributed by atoms with Crippen molar-refractivity contribution < 1.29 is 30.7 Å². The molecule has 27 heavy (non-hydrogen) atoms. The monoisotopic (exact) mass is 424 g/mol. The smallest absolute Gasteiger partial charge is 0.416 e. The van der Waals surface area contributed by atoms with E-state index in [-0.39, 0.29) is 35.3 Å². The van der Waals surface area contributed by atoms with Crippen molar-refractivity contribution in [3.8, 4) is 5.88 Å².